The van der Waals surface area contributed by atoms with Gasteiger partial charge < -0.3 is 14.6 Å². The number of nitrogens with one attached hydrogen (secondary N) is 1. The van der Waals surface area contributed by atoms with E-state index >= 15 is 0 Å². The van der Waals surface area contributed by atoms with E-state index < -0.39 is 0 Å². The summed E-state index contributed by atoms with van der Waals surface area (Å²) in [7, 11) is 0. The van der Waals surface area contributed by atoms with Crippen molar-refractivity contribution in [3.8, 4) is 0 Å². The molecule has 5 nitrogen and oxygen atoms in total. The molecule has 1 aromatic rings. The second-order valence-corrected chi connectivity index (χ2v) is 6.34. The summed E-state index contributed by atoms with van der Waals surface area (Å²) in [6, 6.07) is 4.63. The predicted molar refractivity (Wildman–Crippen MR) is 109 cm³/mol. The molecule has 0 aliphatic carbocycles. The molecule has 3 heterocycles. The number of guanidine groups is 1. The van der Waals surface area contributed by atoms with Gasteiger partial charge in [0.2, 0.25) is 0 Å². The molecule has 6 heteroatoms. The molecule has 0 saturated carbocycles. The van der Waals surface area contributed by atoms with Crippen molar-refractivity contribution in [2.24, 2.45) is 4.99 Å². The predicted octanol–water partition coefficient (Wildman–Crippen LogP) is 2.74. The summed E-state index contributed by atoms with van der Waals surface area (Å²) >= 11 is 0. The quantitative estimate of drug-likeness (QED) is 0.317. The van der Waals surface area contributed by atoms with Crippen LogP contribution in [-0.4, -0.2) is 61.1 Å². The Balaban J connectivity index is 0.00000208. The first-order valence-corrected chi connectivity index (χ1v) is 8.77. The highest BCUT2D eigenvalue weighted by atomic mass is 127. The lowest BCUT2D eigenvalue weighted by molar-refractivity contribution is 0.249. The highest BCUT2D eigenvalue weighted by molar-refractivity contribution is 14.0. The SMILES string of the molecule is C=CCNC(=NCCc1ccco1)N1CCC(N2CCCC2)C1.I. The second-order valence-electron chi connectivity index (χ2n) is 6.34. The van der Waals surface area contributed by atoms with Gasteiger partial charge in [-0.15, -0.1) is 30.6 Å². The number of rotatable bonds is 6. The minimum Gasteiger partial charge on any atom is -0.469 e. The molecule has 0 aromatic carbocycles. The van der Waals surface area contributed by atoms with Crippen LogP contribution in [-0.2, 0) is 6.42 Å². The summed E-state index contributed by atoms with van der Waals surface area (Å²) in [6.07, 6.45) is 8.40. The van der Waals surface area contributed by atoms with E-state index in [1.54, 1.807) is 6.26 Å². The van der Waals surface area contributed by atoms with Crippen LogP contribution in [0.5, 0.6) is 0 Å². The average Bonchev–Trinajstić information content (AvgIpc) is 3.32. The van der Waals surface area contributed by atoms with Crippen LogP contribution in [0.15, 0.2) is 40.5 Å². The monoisotopic (exact) mass is 444 g/mol. The molecule has 0 radical (unpaired) electrons. The summed E-state index contributed by atoms with van der Waals surface area (Å²) < 4.78 is 5.38. The molecule has 1 atom stereocenters. The molecular weight excluding hydrogens is 415 g/mol. The van der Waals surface area contributed by atoms with Crippen LogP contribution in [0.1, 0.15) is 25.0 Å². The average molecular weight is 444 g/mol. The summed E-state index contributed by atoms with van der Waals surface area (Å²) in [4.78, 5) is 9.83. The van der Waals surface area contributed by atoms with E-state index in [0.717, 1.165) is 44.3 Å². The molecule has 0 amide bonds. The van der Waals surface area contributed by atoms with Crippen molar-refractivity contribution in [2.45, 2.75) is 31.7 Å². The third-order valence-corrected chi connectivity index (χ3v) is 4.72. The molecule has 3 rings (SSSR count). The highest BCUT2D eigenvalue weighted by Crippen LogP contribution is 2.20. The van der Waals surface area contributed by atoms with Crippen LogP contribution in [0.4, 0.5) is 0 Å². The fourth-order valence-corrected chi connectivity index (χ4v) is 3.50. The molecule has 1 unspecified atom stereocenters. The van der Waals surface area contributed by atoms with Gasteiger partial charge in [-0.25, -0.2) is 0 Å². The van der Waals surface area contributed by atoms with Gasteiger partial charge in [0, 0.05) is 38.6 Å². The minimum atomic E-state index is 0. The van der Waals surface area contributed by atoms with E-state index in [1.165, 1.54) is 32.4 Å². The first-order chi connectivity index (χ1) is 11.4. The fraction of sp³-hybridized carbons (Fsp3) is 0.611. The number of hydrogen-bond acceptors (Lipinski definition) is 3. The third kappa shape index (κ3) is 5.24. The first-order valence-electron chi connectivity index (χ1n) is 8.77. The van der Waals surface area contributed by atoms with Gasteiger partial charge in [-0.05, 0) is 44.5 Å². The summed E-state index contributed by atoms with van der Waals surface area (Å²) in [5.74, 6) is 2.01. The van der Waals surface area contributed by atoms with Crippen LogP contribution in [0.2, 0.25) is 0 Å². The van der Waals surface area contributed by atoms with Crippen molar-refractivity contribution in [3.05, 3.63) is 36.8 Å². The molecule has 2 aliphatic heterocycles. The van der Waals surface area contributed by atoms with Crippen molar-refractivity contribution in [1.29, 1.82) is 0 Å². The Hall–Kier alpha value is -1.02. The highest BCUT2D eigenvalue weighted by Gasteiger charge is 2.30. The van der Waals surface area contributed by atoms with Gasteiger partial charge in [0.1, 0.15) is 5.76 Å². The van der Waals surface area contributed by atoms with E-state index in [9.17, 15) is 0 Å². The Morgan fingerprint density at radius 2 is 2.21 bits per heavy atom. The Morgan fingerprint density at radius 1 is 1.38 bits per heavy atom. The first kappa shape index (κ1) is 19.3. The number of hydrogen-bond donors (Lipinski definition) is 1. The Labute approximate surface area is 162 Å². The van der Waals surface area contributed by atoms with Crippen molar-refractivity contribution < 1.29 is 4.42 Å². The summed E-state index contributed by atoms with van der Waals surface area (Å²) in [6.45, 7) is 10.0. The number of halogens is 1. The Kier molecular flexibility index (Phi) is 8.11. The van der Waals surface area contributed by atoms with E-state index in [4.69, 9.17) is 9.41 Å². The van der Waals surface area contributed by atoms with Crippen molar-refractivity contribution in [3.63, 3.8) is 0 Å². The van der Waals surface area contributed by atoms with Gasteiger partial charge in [0.05, 0.1) is 6.26 Å². The van der Waals surface area contributed by atoms with Gasteiger partial charge in [0.15, 0.2) is 5.96 Å². The standard InChI is InChI=1S/C18H28N4O.HI/c1-2-9-19-18(20-10-7-17-6-5-14-23-17)22-13-8-16(15-22)21-11-3-4-12-21;/h2,5-6,14,16H,1,3-4,7-13,15H2,(H,19,20);1H. The maximum Gasteiger partial charge on any atom is 0.194 e. The molecular formula is C18H29IN4O. The Morgan fingerprint density at radius 3 is 2.92 bits per heavy atom. The van der Waals surface area contributed by atoms with Crippen LogP contribution < -0.4 is 5.32 Å². The maximum absolute atomic E-state index is 5.38. The Bertz CT molecular complexity index is 511. The van der Waals surface area contributed by atoms with E-state index in [0.29, 0.717) is 6.04 Å². The van der Waals surface area contributed by atoms with Crippen LogP contribution in [0.3, 0.4) is 0 Å². The molecule has 1 N–H and O–H groups in total. The van der Waals surface area contributed by atoms with Gasteiger partial charge >= 0.3 is 0 Å². The zero-order valence-electron chi connectivity index (χ0n) is 14.3. The smallest absolute Gasteiger partial charge is 0.194 e. The van der Waals surface area contributed by atoms with Crippen molar-refractivity contribution in [2.75, 3.05) is 39.3 Å². The van der Waals surface area contributed by atoms with Crippen molar-refractivity contribution >= 4 is 29.9 Å². The van der Waals surface area contributed by atoms with Gasteiger partial charge in [0.25, 0.3) is 0 Å². The third-order valence-electron chi connectivity index (χ3n) is 4.72. The number of furan rings is 1. The topological polar surface area (TPSA) is 44.0 Å². The molecule has 1 aromatic heterocycles. The number of aliphatic imine (C=N–C) groups is 1. The normalized spacial score (nSPS) is 21.8. The molecule has 0 spiro atoms. The maximum atomic E-state index is 5.38. The van der Waals surface area contributed by atoms with E-state index in [2.05, 4.69) is 21.7 Å². The zero-order valence-corrected chi connectivity index (χ0v) is 16.7. The molecule has 134 valence electrons. The van der Waals surface area contributed by atoms with E-state index in [-0.39, 0.29) is 24.0 Å². The largest absolute Gasteiger partial charge is 0.469 e. The lowest BCUT2D eigenvalue weighted by Crippen LogP contribution is -2.43. The molecule has 24 heavy (non-hydrogen) atoms. The molecule has 0 bridgehead atoms. The van der Waals surface area contributed by atoms with E-state index in [1.807, 2.05) is 18.2 Å². The van der Waals surface area contributed by atoms with Crippen LogP contribution in [0, 0.1) is 0 Å². The van der Waals surface area contributed by atoms with Crippen molar-refractivity contribution in [1.82, 2.24) is 15.1 Å². The molecule has 2 saturated heterocycles. The van der Waals surface area contributed by atoms with Crippen LogP contribution in [0.25, 0.3) is 0 Å². The fourth-order valence-electron chi connectivity index (χ4n) is 3.50. The minimum absolute atomic E-state index is 0. The summed E-state index contributed by atoms with van der Waals surface area (Å²) in [5, 5.41) is 3.41. The summed E-state index contributed by atoms with van der Waals surface area (Å²) in [5.41, 5.74) is 0. The molecule has 2 fully saturated rings. The number of nitrogens with zero attached hydrogens (tertiary/aromatic N) is 3. The lowest BCUT2D eigenvalue weighted by Gasteiger charge is -2.25. The van der Waals surface area contributed by atoms with Crippen LogP contribution >= 0.6 is 24.0 Å². The second kappa shape index (κ2) is 10.1. The zero-order chi connectivity index (χ0) is 15.9. The lowest BCUT2D eigenvalue weighted by atomic mass is 10.2. The number of likely N-dealkylation sites (tertiary alicyclic amines) is 2. The van der Waals surface area contributed by atoms with Gasteiger partial charge in [-0.1, -0.05) is 6.08 Å². The van der Waals surface area contributed by atoms with Gasteiger partial charge in [-0.2, -0.15) is 0 Å². The molecule has 2 aliphatic rings. The van der Waals surface area contributed by atoms with Gasteiger partial charge in [-0.3, -0.25) is 9.89 Å².